The average Bonchev–Trinajstić information content (AvgIpc) is 3.24. The van der Waals surface area contributed by atoms with Gasteiger partial charge in [0.05, 0.1) is 5.52 Å². The molecule has 0 radical (unpaired) electrons. The molecule has 0 bridgehead atoms. The third kappa shape index (κ3) is 2.40. The van der Waals surface area contributed by atoms with Crippen LogP contribution in [0.15, 0.2) is 36.5 Å². The highest BCUT2D eigenvalue weighted by Gasteiger charge is 2.20. The lowest BCUT2D eigenvalue weighted by Gasteiger charge is -2.08. The maximum Gasteiger partial charge on any atom is 0.158 e. The van der Waals surface area contributed by atoms with Crippen LogP contribution >= 0.6 is 0 Å². The van der Waals surface area contributed by atoms with Crippen molar-refractivity contribution >= 4 is 11.0 Å². The molecule has 2 aromatic heterocycles. The quantitative estimate of drug-likeness (QED) is 0.796. The Hall–Kier alpha value is -2.27. The number of benzene rings is 1. The normalized spacial score (nSPS) is 14.7. The maximum absolute atomic E-state index is 4.59. The summed E-state index contributed by atoms with van der Waals surface area (Å²) in [7, 11) is 0. The molecule has 0 aliphatic heterocycles. The molecule has 1 aliphatic rings. The van der Waals surface area contributed by atoms with E-state index in [1.807, 2.05) is 35.1 Å². The van der Waals surface area contributed by atoms with Crippen molar-refractivity contribution in [1.29, 1.82) is 0 Å². The van der Waals surface area contributed by atoms with Gasteiger partial charge in [-0.3, -0.25) is 0 Å². The largest absolute Gasteiger partial charge is 0.310 e. The molecule has 3 aromatic rings. The van der Waals surface area contributed by atoms with Crippen LogP contribution in [0.2, 0.25) is 0 Å². The molecule has 1 aliphatic carbocycles. The third-order valence-electron chi connectivity index (χ3n) is 3.83. The first-order valence-electron chi connectivity index (χ1n) is 7.31. The second-order valence-electron chi connectivity index (χ2n) is 5.63. The van der Waals surface area contributed by atoms with Gasteiger partial charge >= 0.3 is 0 Å². The van der Waals surface area contributed by atoms with Crippen molar-refractivity contribution in [3.05, 3.63) is 47.7 Å². The second kappa shape index (κ2) is 4.93. The van der Waals surface area contributed by atoms with Crippen LogP contribution in [-0.2, 0) is 6.54 Å². The molecule has 1 N–H and O–H groups in total. The lowest BCUT2D eigenvalue weighted by molar-refractivity contribution is 0.684. The molecule has 1 fully saturated rings. The Kier molecular flexibility index (Phi) is 2.93. The standard InChI is InChI=1S/C16H17N5/c1-11-8-12(9-17-13-6-7-13)10-18-16(11)21-15-5-3-2-4-14(15)19-20-21/h2-5,8,10,13,17H,6-7,9H2,1H3. The lowest BCUT2D eigenvalue weighted by Crippen LogP contribution is -2.16. The SMILES string of the molecule is Cc1cc(CNC2CC2)cnc1-n1nnc2ccccc21. The minimum Gasteiger partial charge on any atom is -0.310 e. The van der Waals surface area contributed by atoms with Crippen LogP contribution in [0, 0.1) is 6.92 Å². The molecule has 1 aromatic carbocycles. The van der Waals surface area contributed by atoms with Crippen LogP contribution in [0.5, 0.6) is 0 Å². The topological polar surface area (TPSA) is 55.6 Å². The Morgan fingerprint density at radius 3 is 2.95 bits per heavy atom. The number of para-hydroxylation sites is 1. The van der Waals surface area contributed by atoms with Gasteiger partial charge in [0.25, 0.3) is 0 Å². The van der Waals surface area contributed by atoms with Crippen molar-refractivity contribution in [3.63, 3.8) is 0 Å². The highest BCUT2D eigenvalue weighted by Crippen LogP contribution is 2.20. The van der Waals surface area contributed by atoms with Crippen LogP contribution < -0.4 is 5.32 Å². The summed E-state index contributed by atoms with van der Waals surface area (Å²) in [6, 6.07) is 10.8. The van der Waals surface area contributed by atoms with Gasteiger partial charge in [-0.25, -0.2) is 4.98 Å². The Morgan fingerprint density at radius 1 is 1.29 bits per heavy atom. The smallest absolute Gasteiger partial charge is 0.158 e. The number of nitrogens with one attached hydrogen (secondary N) is 1. The predicted molar refractivity (Wildman–Crippen MR) is 81.3 cm³/mol. The number of hydrogen-bond acceptors (Lipinski definition) is 4. The fourth-order valence-corrected chi connectivity index (χ4v) is 2.52. The monoisotopic (exact) mass is 279 g/mol. The van der Waals surface area contributed by atoms with Crippen LogP contribution in [0.25, 0.3) is 16.9 Å². The molecule has 21 heavy (non-hydrogen) atoms. The second-order valence-corrected chi connectivity index (χ2v) is 5.63. The van der Waals surface area contributed by atoms with Gasteiger partial charge in [-0.15, -0.1) is 5.10 Å². The van der Waals surface area contributed by atoms with Crippen molar-refractivity contribution in [2.75, 3.05) is 0 Å². The minimum absolute atomic E-state index is 0.712. The Bertz CT molecular complexity index is 788. The van der Waals surface area contributed by atoms with Gasteiger partial charge < -0.3 is 5.32 Å². The van der Waals surface area contributed by atoms with E-state index >= 15 is 0 Å². The summed E-state index contributed by atoms with van der Waals surface area (Å²) in [5.41, 5.74) is 4.20. The highest BCUT2D eigenvalue weighted by molar-refractivity contribution is 5.75. The Balaban J connectivity index is 1.67. The summed E-state index contributed by atoms with van der Waals surface area (Å²) in [6.45, 7) is 2.95. The summed E-state index contributed by atoms with van der Waals surface area (Å²) in [5.74, 6) is 0.846. The summed E-state index contributed by atoms with van der Waals surface area (Å²) in [6.07, 6.45) is 4.53. The summed E-state index contributed by atoms with van der Waals surface area (Å²) < 4.78 is 1.81. The van der Waals surface area contributed by atoms with Gasteiger partial charge in [-0.2, -0.15) is 4.68 Å². The number of fused-ring (bicyclic) bond motifs is 1. The first-order chi connectivity index (χ1) is 10.3. The van der Waals surface area contributed by atoms with Gasteiger partial charge in [0, 0.05) is 18.8 Å². The van der Waals surface area contributed by atoms with Crippen molar-refractivity contribution in [2.24, 2.45) is 0 Å². The number of aromatic nitrogens is 4. The third-order valence-corrected chi connectivity index (χ3v) is 3.83. The number of hydrogen-bond donors (Lipinski definition) is 1. The fourth-order valence-electron chi connectivity index (χ4n) is 2.52. The Labute approximate surface area is 123 Å². The zero-order chi connectivity index (χ0) is 14.2. The number of aryl methyl sites for hydroxylation is 1. The zero-order valence-electron chi connectivity index (χ0n) is 12.0. The van der Waals surface area contributed by atoms with Crippen LogP contribution in [0.4, 0.5) is 0 Å². The average molecular weight is 279 g/mol. The molecule has 0 saturated heterocycles. The molecule has 0 spiro atoms. The maximum atomic E-state index is 4.59. The van der Waals surface area contributed by atoms with Gasteiger partial charge in [0.15, 0.2) is 5.82 Å². The fraction of sp³-hybridized carbons (Fsp3) is 0.312. The van der Waals surface area contributed by atoms with E-state index in [2.05, 4.69) is 33.6 Å². The Morgan fingerprint density at radius 2 is 2.14 bits per heavy atom. The summed E-state index contributed by atoms with van der Waals surface area (Å²) in [5, 5.41) is 11.9. The van der Waals surface area contributed by atoms with Gasteiger partial charge in [0.2, 0.25) is 0 Å². The molecular weight excluding hydrogens is 262 g/mol. The van der Waals surface area contributed by atoms with Crippen molar-refractivity contribution < 1.29 is 0 Å². The van der Waals surface area contributed by atoms with E-state index in [0.717, 1.165) is 29.0 Å². The summed E-state index contributed by atoms with van der Waals surface area (Å²) >= 11 is 0. The van der Waals surface area contributed by atoms with E-state index < -0.39 is 0 Å². The van der Waals surface area contributed by atoms with Crippen molar-refractivity contribution in [1.82, 2.24) is 25.3 Å². The molecule has 5 heteroatoms. The van der Waals surface area contributed by atoms with E-state index in [4.69, 9.17) is 0 Å². The first kappa shape index (κ1) is 12.5. The molecule has 2 heterocycles. The molecular formula is C16H17N5. The van der Waals surface area contributed by atoms with Crippen LogP contribution in [0.1, 0.15) is 24.0 Å². The first-order valence-corrected chi connectivity index (χ1v) is 7.31. The molecule has 1 saturated carbocycles. The van der Waals surface area contributed by atoms with E-state index in [1.165, 1.54) is 18.4 Å². The van der Waals surface area contributed by atoms with Gasteiger partial charge in [-0.1, -0.05) is 17.3 Å². The molecule has 106 valence electrons. The lowest BCUT2D eigenvalue weighted by atomic mass is 10.2. The van der Waals surface area contributed by atoms with Gasteiger partial charge in [-0.05, 0) is 49.1 Å². The number of nitrogens with zero attached hydrogens (tertiary/aromatic N) is 4. The zero-order valence-corrected chi connectivity index (χ0v) is 12.0. The molecule has 0 amide bonds. The molecule has 0 unspecified atom stereocenters. The molecule has 5 nitrogen and oxygen atoms in total. The predicted octanol–water partition coefficient (Wildman–Crippen LogP) is 2.38. The van der Waals surface area contributed by atoms with Gasteiger partial charge in [0.1, 0.15) is 5.52 Å². The van der Waals surface area contributed by atoms with Crippen LogP contribution in [0.3, 0.4) is 0 Å². The summed E-state index contributed by atoms with van der Waals surface area (Å²) in [4.78, 5) is 4.59. The minimum atomic E-state index is 0.712. The number of rotatable bonds is 4. The van der Waals surface area contributed by atoms with Crippen LogP contribution in [-0.4, -0.2) is 26.0 Å². The van der Waals surface area contributed by atoms with E-state index in [-0.39, 0.29) is 0 Å². The molecule has 4 rings (SSSR count). The van der Waals surface area contributed by atoms with E-state index in [0.29, 0.717) is 6.04 Å². The molecule has 0 atom stereocenters. The van der Waals surface area contributed by atoms with Crippen molar-refractivity contribution in [3.8, 4) is 5.82 Å². The van der Waals surface area contributed by atoms with Crippen molar-refractivity contribution in [2.45, 2.75) is 32.4 Å². The van der Waals surface area contributed by atoms with E-state index in [9.17, 15) is 0 Å². The number of pyridine rings is 1. The highest BCUT2D eigenvalue weighted by atomic mass is 15.4. The van der Waals surface area contributed by atoms with E-state index in [1.54, 1.807) is 0 Å².